The number of hydrogen-bond donors (Lipinski definition) is 2. The predicted molar refractivity (Wildman–Crippen MR) is 145 cm³/mol. The third-order valence-corrected chi connectivity index (χ3v) is 7.03. The molecule has 3 aromatic carbocycles. The van der Waals surface area contributed by atoms with E-state index in [2.05, 4.69) is 16.4 Å². The van der Waals surface area contributed by atoms with Crippen LogP contribution in [0.5, 0.6) is 5.75 Å². The number of nitrogens with one attached hydrogen (secondary N) is 2. The second-order valence-electron chi connectivity index (χ2n) is 9.57. The van der Waals surface area contributed by atoms with Gasteiger partial charge in [-0.25, -0.2) is 0 Å². The third-order valence-electron chi connectivity index (χ3n) is 7.03. The molecule has 6 nitrogen and oxygen atoms in total. The Morgan fingerprint density at radius 3 is 2.49 bits per heavy atom. The molecule has 0 unspecified atom stereocenters. The van der Waals surface area contributed by atoms with E-state index in [1.54, 1.807) is 4.90 Å². The highest BCUT2D eigenvalue weighted by atomic mass is 16.5. The molecule has 4 aromatic rings. The van der Waals surface area contributed by atoms with E-state index in [0.29, 0.717) is 39.0 Å². The summed E-state index contributed by atoms with van der Waals surface area (Å²) in [5.41, 5.74) is 4.43. The highest BCUT2D eigenvalue weighted by Crippen LogP contribution is 2.25. The molecule has 1 saturated heterocycles. The molecule has 1 aliphatic heterocycles. The number of aromatic amines is 1. The molecule has 0 radical (unpaired) electrons. The van der Waals surface area contributed by atoms with Crippen molar-refractivity contribution >= 4 is 22.7 Å². The largest absolute Gasteiger partial charge is 0.489 e. The summed E-state index contributed by atoms with van der Waals surface area (Å²) in [6.45, 7) is 1.69. The zero-order chi connectivity index (χ0) is 25.5. The smallest absolute Gasteiger partial charge is 0.242 e. The van der Waals surface area contributed by atoms with E-state index < -0.39 is 0 Å². The SMILES string of the molecule is O=C(NCCc1c[nH]c2ccc(OCc3ccccc3)cc12)[C@@H]1CCCN1C(=O)CCc1ccccc1. The van der Waals surface area contributed by atoms with Crippen molar-refractivity contribution in [3.63, 3.8) is 0 Å². The van der Waals surface area contributed by atoms with Gasteiger partial charge in [-0.3, -0.25) is 9.59 Å². The summed E-state index contributed by atoms with van der Waals surface area (Å²) >= 11 is 0. The molecule has 0 spiro atoms. The topological polar surface area (TPSA) is 74.4 Å². The summed E-state index contributed by atoms with van der Waals surface area (Å²) in [6.07, 6.45) is 5.40. The van der Waals surface area contributed by atoms with Crippen molar-refractivity contribution in [3.05, 3.63) is 102 Å². The lowest BCUT2D eigenvalue weighted by Gasteiger charge is -2.24. The second kappa shape index (κ2) is 11.8. The Morgan fingerprint density at radius 1 is 0.946 bits per heavy atom. The van der Waals surface area contributed by atoms with Crippen LogP contribution in [-0.4, -0.2) is 40.8 Å². The number of amides is 2. The van der Waals surface area contributed by atoms with Crippen LogP contribution in [0.4, 0.5) is 0 Å². The number of rotatable bonds is 10. The number of aromatic nitrogens is 1. The minimum Gasteiger partial charge on any atom is -0.489 e. The molecule has 1 aliphatic rings. The fourth-order valence-corrected chi connectivity index (χ4v) is 5.01. The van der Waals surface area contributed by atoms with Gasteiger partial charge in [0.05, 0.1) is 0 Å². The molecule has 2 amide bonds. The Kier molecular flexibility index (Phi) is 7.84. The Labute approximate surface area is 217 Å². The quantitative estimate of drug-likeness (QED) is 0.324. The fraction of sp³-hybridized carbons (Fsp3) is 0.290. The van der Waals surface area contributed by atoms with Gasteiger partial charge in [-0.1, -0.05) is 60.7 Å². The van der Waals surface area contributed by atoms with E-state index in [9.17, 15) is 9.59 Å². The van der Waals surface area contributed by atoms with Crippen molar-refractivity contribution < 1.29 is 14.3 Å². The summed E-state index contributed by atoms with van der Waals surface area (Å²) in [6, 6.07) is 25.8. The molecule has 1 fully saturated rings. The normalized spacial score (nSPS) is 15.1. The van der Waals surface area contributed by atoms with Crippen LogP contribution in [0.3, 0.4) is 0 Å². The number of nitrogens with zero attached hydrogens (tertiary/aromatic N) is 1. The summed E-state index contributed by atoms with van der Waals surface area (Å²) in [4.78, 5) is 30.9. The van der Waals surface area contributed by atoms with Gasteiger partial charge in [-0.2, -0.15) is 0 Å². The van der Waals surface area contributed by atoms with Gasteiger partial charge in [-0.15, -0.1) is 0 Å². The monoisotopic (exact) mass is 495 g/mol. The number of carbonyl (C=O) groups excluding carboxylic acids is 2. The van der Waals surface area contributed by atoms with Gasteiger partial charge in [-0.05, 0) is 60.6 Å². The van der Waals surface area contributed by atoms with Crippen LogP contribution >= 0.6 is 0 Å². The number of H-pyrrole nitrogens is 1. The molecule has 1 aromatic heterocycles. The highest BCUT2D eigenvalue weighted by Gasteiger charge is 2.33. The zero-order valence-electron chi connectivity index (χ0n) is 21.0. The van der Waals surface area contributed by atoms with E-state index in [1.165, 1.54) is 0 Å². The van der Waals surface area contributed by atoms with Gasteiger partial charge in [0.1, 0.15) is 18.4 Å². The minimum atomic E-state index is -0.371. The predicted octanol–water partition coefficient (Wildman–Crippen LogP) is 5.03. The third kappa shape index (κ3) is 6.20. The summed E-state index contributed by atoms with van der Waals surface area (Å²) in [7, 11) is 0. The first kappa shape index (κ1) is 24.6. The van der Waals surface area contributed by atoms with Crippen LogP contribution in [0.25, 0.3) is 10.9 Å². The van der Waals surface area contributed by atoms with E-state index >= 15 is 0 Å². The van der Waals surface area contributed by atoms with E-state index in [1.807, 2.05) is 79.0 Å². The molecule has 0 saturated carbocycles. The summed E-state index contributed by atoms with van der Waals surface area (Å²) in [5, 5.41) is 4.17. The van der Waals surface area contributed by atoms with E-state index in [0.717, 1.165) is 46.2 Å². The molecule has 6 heteroatoms. The van der Waals surface area contributed by atoms with Crippen LogP contribution in [0.1, 0.15) is 36.0 Å². The van der Waals surface area contributed by atoms with E-state index in [-0.39, 0.29) is 17.9 Å². The van der Waals surface area contributed by atoms with Crippen LogP contribution < -0.4 is 10.1 Å². The number of fused-ring (bicyclic) bond motifs is 1. The number of ether oxygens (including phenoxy) is 1. The molecule has 37 heavy (non-hydrogen) atoms. The van der Waals surface area contributed by atoms with Crippen LogP contribution in [-0.2, 0) is 29.0 Å². The van der Waals surface area contributed by atoms with Crippen LogP contribution in [0, 0.1) is 0 Å². The molecule has 190 valence electrons. The lowest BCUT2D eigenvalue weighted by molar-refractivity contribution is -0.138. The van der Waals surface area contributed by atoms with E-state index in [4.69, 9.17) is 4.74 Å². The molecule has 5 rings (SSSR count). The van der Waals surface area contributed by atoms with Gasteiger partial charge < -0.3 is 19.9 Å². The van der Waals surface area contributed by atoms with Gasteiger partial charge in [0, 0.05) is 36.6 Å². The second-order valence-corrected chi connectivity index (χ2v) is 9.57. The number of carbonyl (C=O) groups is 2. The van der Waals surface area contributed by atoms with Crippen molar-refractivity contribution in [1.82, 2.24) is 15.2 Å². The number of hydrogen-bond acceptors (Lipinski definition) is 3. The van der Waals surface area contributed by atoms with Crippen molar-refractivity contribution in [1.29, 1.82) is 0 Å². The standard InChI is InChI=1S/C31H33N3O3/c35-30(16-13-23-8-3-1-4-9-23)34-19-7-12-29(34)31(36)32-18-17-25-21-33-28-15-14-26(20-27(25)28)37-22-24-10-5-2-6-11-24/h1-6,8-11,14-15,20-21,29,33H,7,12-13,16-19,22H2,(H,32,36)/t29-/m0/s1. The summed E-state index contributed by atoms with van der Waals surface area (Å²) in [5.74, 6) is 0.815. The molecule has 2 N–H and O–H groups in total. The van der Waals surface area contributed by atoms with Crippen LogP contribution in [0.2, 0.25) is 0 Å². The fourth-order valence-electron chi connectivity index (χ4n) is 5.01. The van der Waals surface area contributed by atoms with Crippen molar-refractivity contribution in [2.75, 3.05) is 13.1 Å². The maximum absolute atomic E-state index is 13.0. The average Bonchev–Trinajstić information content (AvgIpc) is 3.59. The van der Waals surface area contributed by atoms with Crippen LogP contribution in [0.15, 0.2) is 85.1 Å². The lowest BCUT2D eigenvalue weighted by Crippen LogP contribution is -2.46. The maximum atomic E-state index is 13.0. The van der Waals surface area contributed by atoms with Crippen molar-refractivity contribution in [2.45, 2.75) is 44.8 Å². The number of likely N-dealkylation sites (tertiary alicyclic amines) is 1. The average molecular weight is 496 g/mol. The zero-order valence-corrected chi connectivity index (χ0v) is 21.0. The molecule has 1 atom stereocenters. The lowest BCUT2D eigenvalue weighted by atomic mass is 10.1. The Hall–Kier alpha value is -4.06. The maximum Gasteiger partial charge on any atom is 0.242 e. The van der Waals surface area contributed by atoms with Gasteiger partial charge in [0.15, 0.2) is 0 Å². The Morgan fingerprint density at radius 2 is 1.70 bits per heavy atom. The molecule has 0 bridgehead atoms. The van der Waals surface area contributed by atoms with Gasteiger partial charge in [0.25, 0.3) is 0 Å². The van der Waals surface area contributed by atoms with Crippen molar-refractivity contribution in [3.8, 4) is 5.75 Å². The first-order valence-corrected chi connectivity index (χ1v) is 13.1. The molecule has 2 heterocycles. The number of aryl methyl sites for hydroxylation is 1. The highest BCUT2D eigenvalue weighted by molar-refractivity contribution is 5.88. The molecular weight excluding hydrogens is 462 g/mol. The first-order chi connectivity index (χ1) is 18.2. The van der Waals surface area contributed by atoms with Crippen molar-refractivity contribution in [2.24, 2.45) is 0 Å². The Bertz CT molecular complexity index is 1330. The molecular formula is C31H33N3O3. The minimum absolute atomic E-state index is 0.0566. The summed E-state index contributed by atoms with van der Waals surface area (Å²) < 4.78 is 6.00. The molecule has 0 aliphatic carbocycles. The first-order valence-electron chi connectivity index (χ1n) is 13.1. The van der Waals surface area contributed by atoms with Gasteiger partial charge in [0.2, 0.25) is 11.8 Å². The number of benzene rings is 3. The van der Waals surface area contributed by atoms with Gasteiger partial charge >= 0.3 is 0 Å². The Balaban J connectivity index is 1.13.